The van der Waals surface area contributed by atoms with Crippen molar-refractivity contribution < 1.29 is 9.26 Å². The van der Waals surface area contributed by atoms with Gasteiger partial charge in [0.1, 0.15) is 12.4 Å². The van der Waals surface area contributed by atoms with Crippen molar-refractivity contribution in [2.24, 2.45) is 0 Å². The minimum atomic E-state index is 0.277. The van der Waals surface area contributed by atoms with Gasteiger partial charge in [0.15, 0.2) is 5.76 Å². The summed E-state index contributed by atoms with van der Waals surface area (Å²) in [4.78, 5) is 0. The predicted molar refractivity (Wildman–Crippen MR) is 74.8 cm³/mol. The van der Waals surface area contributed by atoms with Crippen LogP contribution in [0.4, 0.5) is 0 Å². The van der Waals surface area contributed by atoms with Crippen LogP contribution in [0.15, 0.2) is 22.7 Å². The molecule has 0 aliphatic heterocycles. The summed E-state index contributed by atoms with van der Waals surface area (Å²) in [6.45, 7) is 2.75. The molecule has 0 aliphatic carbocycles. The van der Waals surface area contributed by atoms with Crippen molar-refractivity contribution in [3.63, 3.8) is 0 Å². The maximum absolute atomic E-state index is 6.16. The lowest BCUT2D eigenvalue weighted by Crippen LogP contribution is -2.08. The number of aromatic nitrogens is 1. The van der Waals surface area contributed by atoms with E-state index in [1.165, 1.54) is 0 Å². The second-order valence-electron chi connectivity index (χ2n) is 4.13. The standard InChI is InChI=1S/C13H14Cl2N2O2/c1-8-3-11(19-17-8)7-18-13-9(6-16-2)4-10(14)5-12(13)15/h3-5,16H,6-7H2,1-2H3. The second-order valence-corrected chi connectivity index (χ2v) is 4.97. The van der Waals surface area contributed by atoms with Crippen LogP contribution in [0.3, 0.4) is 0 Å². The van der Waals surface area contributed by atoms with Crippen LogP contribution in [0.5, 0.6) is 5.75 Å². The molecule has 0 bridgehead atoms. The molecular weight excluding hydrogens is 287 g/mol. The molecule has 1 heterocycles. The minimum absolute atomic E-state index is 0.277. The summed E-state index contributed by atoms with van der Waals surface area (Å²) in [6.07, 6.45) is 0. The van der Waals surface area contributed by atoms with Gasteiger partial charge in [-0.15, -0.1) is 0 Å². The van der Waals surface area contributed by atoms with Gasteiger partial charge in [-0.2, -0.15) is 0 Å². The van der Waals surface area contributed by atoms with Gasteiger partial charge in [-0.3, -0.25) is 0 Å². The third-order valence-electron chi connectivity index (χ3n) is 2.49. The van der Waals surface area contributed by atoms with Gasteiger partial charge in [-0.1, -0.05) is 28.4 Å². The summed E-state index contributed by atoms with van der Waals surface area (Å²) in [7, 11) is 1.85. The Balaban J connectivity index is 2.18. The predicted octanol–water partition coefficient (Wildman–Crippen LogP) is 3.59. The molecule has 19 heavy (non-hydrogen) atoms. The van der Waals surface area contributed by atoms with Crippen LogP contribution in [0.1, 0.15) is 17.0 Å². The van der Waals surface area contributed by atoms with Gasteiger partial charge in [-0.25, -0.2) is 0 Å². The van der Waals surface area contributed by atoms with E-state index in [0.717, 1.165) is 11.3 Å². The zero-order valence-corrected chi connectivity index (χ0v) is 12.2. The molecule has 0 amide bonds. The van der Waals surface area contributed by atoms with Gasteiger partial charge < -0.3 is 14.6 Å². The van der Waals surface area contributed by atoms with Gasteiger partial charge in [0.05, 0.1) is 10.7 Å². The summed E-state index contributed by atoms with van der Waals surface area (Å²) >= 11 is 12.1. The third-order valence-corrected chi connectivity index (χ3v) is 2.99. The van der Waals surface area contributed by atoms with Gasteiger partial charge in [0.2, 0.25) is 0 Å². The number of hydrogen-bond donors (Lipinski definition) is 1. The van der Waals surface area contributed by atoms with E-state index >= 15 is 0 Å². The molecule has 4 nitrogen and oxygen atoms in total. The third kappa shape index (κ3) is 3.62. The van der Waals surface area contributed by atoms with Crippen LogP contribution >= 0.6 is 23.2 Å². The monoisotopic (exact) mass is 300 g/mol. The maximum Gasteiger partial charge on any atom is 0.174 e. The highest BCUT2D eigenvalue weighted by atomic mass is 35.5. The highest BCUT2D eigenvalue weighted by Gasteiger charge is 2.11. The Morgan fingerprint density at radius 2 is 2.11 bits per heavy atom. The number of hydrogen-bond acceptors (Lipinski definition) is 4. The molecule has 0 atom stereocenters. The summed E-state index contributed by atoms with van der Waals surface area (Å²) < 4.78 is 10.8. The molecule has 1 N–H and O–H groups in total. The van der Waals surface area contributed by atoms with Crippen molar-refractivity contribution >= 4 is 23.2 Å². The first-order valence-electron chi connectivity index (χ1n) is 5.77. The number of benzene rings is 1. The fraction of sp³-hybridized carbons (Fsp3) is 0.308. The molecule has 1 aromatic carbocycles. The fourth-order valence-corrected chi connectivity index (χ4v) is 2.31. The molecule has 0 saturated carbocycles. The highest BCUT2D eigenvalue weighted by Crippen LogP contribution is 2.33. The van der Waals surface area contributed by atoms with Gasteiger partial charge in [0, 0.05) is 23.2 Å². The molecule has 1 aromatic heterocycles. The normalized spacial score (nSPS) is 10.7. The molecule has 0 unspecified atom stereocenters. The first-order chi connectivity index (χ1) is 9.10. The fourth-order valence-electron chi connectivity index (χ4n) is 1.72. The quantitative estimate of drug-likeness (QED) is 0.917. The Morgan fingerprint density at radius 3 is 2.74 bits per heavy atom. The summed E-state index contributed by atoms with van der Waals surface area (Å²) in [5, 5.41) is 7.91. The average molecular weight is 301 g/mol. The molecule has 0 aliphatic rings. The van der Waals surface area contributed by atoms with Gasteiger partial charge >= 0.3 is 0 Å². The minimum Gasteiger partial charge on any atom is -0.484 e. The molecule has 2 rings (SSSR count). The Hall–Kier alpha value is -1.23. The van der Waals surface area contributed by atoms with E-state index < -0.39 is 0 Å². The number of nitrogens with zero attached hydrogens (tertiary/aromatic N) is 1. The van der Waals surface area contributed by atoms with E-state index in [1.54, 1.807) is 6.07 Å². The lowest BCUT2D eigenvalue weighted by atomic mass is 10.2. The highest BCUT2D eigenvalue weighted by molar-refractivity contribution is 6.35. The van der Waals surface area contributed by atoms with Crippen molar-refractivity contribution in [1.29, 1.82) is 0 Å². The second kappa shape index (κ2) is 6.28. The summed E-state index contributed by atoms with van der Waals surface area (Å²) in [5.41, 5.74) is 1.72. The zero-order chi connectivity index (χ0) is 13.8. The summed E-state index contributed by atoms with van der Waals surface area (Å²) in [6, 6.07) is 5.30. The van der Waals surface area contributed by atoms with Crippen LogP contribution in [0.2, 0.25) is 10.0 Å². The first kappa shape index (κ1) is 14.2. The van der Waals surface area contributed by atoms with E-state index in [0.29, 0.717) is 28.1 Å². The van der Waals surface area contributed by atoms with Crippen molar-refractivity contribution in [1.82, 2.24) is 10.5 Å². The van der Waals surface area contributed by atoms with Crippen molar-refractivity contribution in [3.8, 4) is 5.75 Å². The Kier molecular flexibility index (Phi) is 4.69. The molecule has 102 valence electrons. The largest absolute Gasteiger partial charge is 0.484 e. The zero-order valence-electron chi connectivity index (χ0n) is 10.7. The van der Waals surface area contributed by atoms with E-state index in [1.807, 2.05) is 26.1 Å². The molecule has 0 radical (unpaired) electrons. The van der Waals surface area contributed by atoms with Crippen molar-refractivity contribution in [2.75, 3.05) is 7.05 Å². The number of aryl methyl sites for hydroxylation is 1. The van der Waals surface area contributed by atoms with E-state index in [2.05, 4.69) is 10.5 Å². The van der Waals surface area contributed by atoms with Crippen LogP contribution in [0, 0.1) is 6.92 Å². The first-order valence-corrected chi connectivity index (χ1v) is 6.53. The van der Waals surface area contributed by atoms with Crippen LogP contribution < -0.4 is 10.1 Å². The Bertz CT molecular complexity index is 570. The number of rotatable bonds is 5. The SMILES string of the molecule is CNCc1cc(Cl)cc(Cl)c1OCc1cc(C)no1. The lowest BCUT2D eigenvalue weighted by molar-refractivity contribution is 0.247. The number of halogens is 2. The molecular formula is C13H14Cl2N2O2. The number of nitrogens with one attached hydrogen (secondary N) is 1. The molecule has 0 fully saturated rings. The smallest absolute Gasteiger partial charge is 0.174 e. The van der Waals surface area contributed by atoms with Gasteiger partial charge in [0.25, 0.3) is 0 Å². The molecule has 0 saturated heterocycles. The van der Waals surface area contributed by atoms with Gasteiger partial charge in [-0.05, 0) is 26.1 Å². The average Bonchev–Trinajstić information content (AvgIpc) is 2.74. The maximum atomic E-state index is 6.16. The van der Waals surface area contributed by atoms with E-state index in [9.17, 15) is 0 Å². The van der Waals surface area contributed by atoms with E-state index in [4.69, 9.17) is 32.5 Å². The molecule has 0 spiro atoms. The lowest BCUT2D eigenvalue weighted by Gasteiger charge is -2.12. The molecule has 6 heteroatoms. The Labute approximate surface area is 121 Å². The van der Waals surface area contributed by atoms with Crippen LogP contribution in [0.25, 0.3) is 0 Å². The van der Waals surface area contributed by atoms with Crippen LogP contribution in [-0.4, -0.2) is 12.2 Å². The Morgan fingerprint density at radius 1 is 1.32 bits per heavy atom. The van der Waals surface area contributed by atoms with E-state index in [-0.39, 0.29) is 6.61 Å². The summed E-state index contributed by atoms with van der Waals surface area (Å²) in [5.74, 6) is 1.26. The van der Waals surface area contributed by atoms with Crippen molar-refractivity contribution in [3.05, 3.63) is 45.3 Å². The topological polar surface area (TPSA) is 47.3 Å². The van der Waals surface area contributed by atoms with Crippen molar-refractivity contribution in [2.45, 2.75) is 20.1 Å². The molecule has 2 aromatic rings. The number of ether oxygens (including phenoxy) is 1. The van der Waals surface area contributed by atoms with Crippen LogP contribution in [-0.2, 0) is 13.2 Å².